The summed E-state index contributed by atoms with van der Waals surface area (Å²) >= 11 is 0.933. The molecule has 0 spiro atoms. The minimum atomic E-state index is 0. The Labute approximate surface area is 64.9 Å². The van der Waals surface area contributed by atoms with Crippen molar-refractivity contribution in [1.29, 1.82) is 0 Å². The fourth-order valence-electron chi connectivity index (χ4n) is 0. The van der Waals surface area contributed by atoms with Gasteiger partial charge in [-0.05, 0) is 0 Å². The topological polar surface area (TPSA) is 0 Å². The van der Waals surface area contributed by atoms with Crippen LogP contribution in [0.5, 0.6) is 0 Å². The molecule has 0 aliphatic carbocycles. The van der Waals surface area contributed by atoms with Gasteiger partial charge in [0, 0.05) is 34.4 Å². The minimum absolute atomic E-state index is 0. The Bertz CT molecular complexity index is 8.00. The van der Waals surface area contributed by atoms with E-state index in [0.717, 1.165) is 22.4 Å². The van der Waals surface area contributed by atoms with Gasteiger partial charge < -0.3 is 0 Å². The van der Waals surface area contributed by atoms with Crippen molar-refractivity contribution >= 4 is 48.6 Å². The zero-order valence-corrected chi connectivity index (χ0v) is 8.07. The van der Waals surface area contributed by atoms with E-state index in [1.54, 1.807) is 0 Å². The van der Waals surface area contributed by atoms with Crippen LogP contribution in [0.25, 0.3) is 0 Å². The zero-order valence-electron chi connectivity index (χ0n) is 1.86. The Morgan fingerprint density at radius 1 is 1.25 bits per heavy atom. The summed E-state index contributed by atoms with van der Waals surface area (Å²) < 4.78 is 0. The molecule has 4 heteroatoms. The average molecular weight is 237 g/mol. The Hall–Kier alpha value is 2.14. The van der Waals surface area contributed by atoms with Gasteiger partial charge in [-0.15, -0.1) is 0 Å². The van der Waals surface area contributed by atoms with E-state index in [0.29, 0.717) is 0 Å². The first kappa shape index (κ1) is 16.4. The first-order chi connectivity index (χ1) is 1.00. The summed E-state index contributed by atoms with van der Waals surface area (Å²) in [5.74, 6) is 0. The second kappa shape index (κ2) is 19.2. The molecule has 0 aromatic rings. The van der Waals surface area contributed by atoms with Crippen LogP contribution in [0.4, 0.5) is 0 Å². The van der Waals surface area contributed by atoms with Crippen molar-refractivity contribution in [1.82, 2.24) is 0 Å². The standard InChI is InChI=1S/Al.Cu.In.S. The molecular formula is AlCuInS. The fourth-order valence-corrected chi connectivity index (χ4v) is 0. The third-order valence-electron chi connectivity index (χ3n) is 0. The SMILES string of the molecule is [Al].[Cu].[S]=[In]. The summed E-state index contributed by atoms with van der Waals surface area (Å²) in [6.07, 6.45) is 0. The van der Waals surface area contributed by atoms with Crippen molar-refractivity contribution in [3.05, 3.63) is 0 Å². The van der Waals surface area contributed by atoms with Crippen molar-refractivity contribution in [3.63, 3.8) is 0 Å². The predicted octanol–water partition coefficient (Wildman–Crippen LogP) is -0.116. The molecule has 0 aliphatic heterocycles. The molecule has 4 heavy (non-hydrogen) atoms. The second-order valence-corrected chi connectivity index (χ2v) is 0. The Kier molecular flexibility index (Phi) is 79.1. The number of rotatable bonds is 0. The zero-order chi connectivity index (χ0) is 2.00. The molecule has 0 heterocycles. The molecular weight excluding hydrogens is 237 g/mol. The van der Waals surface area contributed by atoms with Crippen LogP contribution in [0, 0.1) is 0 Å². The molecule has 0 bridgehead atoms. The van der Waals surface area contributed by atoms with Crippen molar-refractivity contribution in [2.45, 2.75) is 0 Å². The third kappa shape index (κ3) is 8.91. The van der Waals surface area contributed by atoms with Crippen molar-refractivity contribution < 1.29 is 17.1 Å². The van der Waals surface area contributed by atoms with Gasteiger partial charge in [-0.2, -0.15) is 0 Å². The van der Waals surface area contributed by atoms with E-state index in [-0.39, 0.29) is 34.4 Å². The van der Waals surface area contributed by atoms with Crippen molar-refractivity contribution in [2.24, 2.45) is 0 Å². The van der Waals surface area contributed by atoms with E-state index < -0.39 is 0 Å². The van der Waals surface area contributed by atoms with E-state index in [9.17, 15) is 0 Å². The quantitative estimate of drug-likeness (QED) is 0.530. The van der Waals surface area contributed by atoms with Crippen LogP contribution in [-0.4, -0.2) is 39.7 Å². The molecule has 0 fully saturated rings. The van der Waals surface area contributed by atoms with Crippen molar-refractivity contribution in [2.75, 3.05) is 0 Å². The summed E-state index contributed by atoms with van der Waals surface area (Å²) in [5.41, 5.74) is 0. The Balaban J connectivity index is -0.00000000500. The first-order valence-corrected chi connectivity index (χ1v) is 4.74. The van der Waals surface area contributed by atoms with Crippen LogP contribution in [0.2, 0.25) is 0 Å². The van der Waals surface area contributed by atoms with Gasteiger partial charge in [0.05, 0.1) is 0 Å². The molecule has 0 aromatic carbocycles. The van der Waals surface area contributed by atoms with E-state index in [2.05, 4.69) is 8.92 Å². The van der Waals surface area contributed by atoms with Gasteiger partial charge in [-0.3, -0.25) is 0 Å². The summed E-state index contributed by atoms with van der Waals surface area (Å²) in [5, 5.41) is 0. The number of hydrogen-bond acceptors (Lipinski definition) is 1. The van der Waals surface area contributed by atoms with Gasteiger partial charge in [0.1, 0.15) is 0 Å². The molecule has 0 atom stereocenters. The Morgan fingerprint density at radius 3 is 1.25 bits per heavy atom. The van der Waals surface area contributed by atoms with Crippen molar-refractivity contribution in [3.8, 4) is 0 Å². The van der Waals surface area contributed by atoms with E-state index >= 15 is 0 Å². The Morgan fingerprint density at radius 2 is 1.25 bits per heavy atom. The maximum atomic E-state index is 4.21. The van der Waals surface area contributed by atoms with Gasteiger partial charge in [0.25, 0.3) is 0 Å². The predicted molar refractivity (Wildman–Crippen MR) is 19.1 cm³/mol. The maximum absolute atomic E-state index is 4.21. The molecule has 0 amide bonds. The summed E-state index contributed by atoms with van der Waals surface area (Å²) in [4.78, 5) is 0. The van der Waals surface area contributed by atoms with Crippen LogP contribution >= 0.6 is 8.92 Å². The van der Waals surface area contributed by atoms with E-state index in [4.69, 9.17) is 0 Å². The van der Waals surface area contributed by atoms with Gasteiger partial charge in [0.15, 0.2) is 0 Å². The van der Waals surface area contributed by atoms with Gasteiger partial charge in [-0.25, -0.2) is 0 Å². The first-order valence-electron chi connectivity index (χ1n) is 0.236. The van der Waals surface area contributed by atoms with Gasteiger partial charge in [0.2, 0.25) is 0 Å². The molecule has 0 saturated heterocycles. The molecule has 23 valence electrons. The molecule has 0 N–H and O–H groups in total. The normalized spacial score (nSPS) is 0.750. The summed E-state index contributed by atoms with van der Waals surface area (Å²) in [7, 11) is 4.21. The summed E-state index contributed by atoms with van der Waals surface area (Å²) in [6.45, 7) is 0. The van der Waals surface area contributed by atoms with Crippen LogP contribution in [0.3, 0.4) is 0 Å². The van der Waals surface area contributed by atoms with Crippen LogP contribution in [0.1, 0.15) is 0 Å². The number of hydrogen-bond donors (Lipinski definition) is 0. The molecule has 0 rings (SSSR count). The molecule has 5 radical (unpaired) electrons. The van der Waals surface area contributed by atoms with E-state index in [1.807, 2.05) is 0 Å². The van der Waals surface area contributed by atoms with Crippen LogP contribution < -0.4 is 0 Å². The van der Waals surface area contributed by atoms with Gasteiger partial charge >= 0.3 is 31.3 Å². The van der Waals surface area contributed by atoms with E-state index in [1.165, 1.54) is 0 Å². The second-order valence-electron chi connectivity index (χ2n) is 0. The van der Waals surface area contributed by atoms with Crippen LogP contribution in [-0.2, 0) is 17.1 Å². The van der Waals surface area contributed by atoms with Crippen LogP contribution in [0.15, 0.2) is 0 Å². The third-order valence-corrected chi connectivity index (χ3v) is 0. The van der Waals surface area contributed by atoms with Gasteiger partial charge in [-0.1, -0.05) is 0 Å². The fraction of sp³-hybridized carbons (Fsp3) is 0. The summed E-state index contributed by atoms with van der Waals surface area (Å²) in [6, 6.07) is 0. The molecule has 0 unspecified atom stereocenters. The molecule has 0 nitrogen and oxygen atoms in total. The monoisotopic (exact) mass is 237 g/mol. The molecule has 0 aliphatic rings. The molecule has 0 aromatic heterocycles. The average Bonchev–Trinajstić information content (AvgIpc) is 1.00. The molecule has 0 saturated carbocycles.